The molecule has 0 bridgehead atoms. The van der Waals surface area contributed by atoms with Gasteiger partial charge in [0.2, 0.25) is 5.91 Å². The lowest BCUT2D eigenvalue weighted by Crippen LogP contribution is -2.39. The molecule has 0 saturated heterocycles. The highest BCUT2D eigenvalue weighted by molar-refractivity contribution is 5.78. The number of hydrogen-bond donors (Lipinski definition) is 1. The summed E-state index contributed by atoms with van der Waals surface area (Å²) in [5.41, 5.74) is -0.302. The van der Waals surface area contributed by atoms with Gasteiger partial charge in [0.1, 0.15) is 0 Å². The van der Waals surface area contributed by atoms with Crippen molar-refractivity contribution in [1.82, 2.24) is 4.90 Å². The number of nitrogens with zero attached hydrogens (tertiary/aromatic N) is 1. The van der Waals surface area contributed by atoms with Crippen molar-refractivity contribution in [2.24, 2.45) is 11.3 Å². The Morgan fingerprint density at radius 1 is 1.14 bits per heavy atom. The lowest BCUT2D eigenvalue weighted by molar-refractivity contribution is -0.142. The van der Waals surface area contributed by atoms with E-state index in [0.717, 1.165) is 38.6 Å². The maximum Gasteiger partial charge on any atom is 0.303 e. The van der Waals surface area contributed by atoms with E-state index in [9.17, 15) is 14.7 Å². The van der Waals surface area contributed by atoms with Gasteiger partial charge >= 0.3 is 5.97 Å². The van der Waals surface area contributed by atoms with E-state index >= 15 is 0 Å². The summed E-state index contributed by atoms with van der Waals surface area (Å²) in [7, 11) is 0. The van der Waals surface area contributed by atoms with Crippen LogP contribution in [-0.2, 0) is 9.59 Å². The number of hydrogen-bond acceptors (Lipinski definition) is 2. The Hall–Kier alpha value is -1.06. The second-order valence-electron chi connectivity index (χ2n) is 6.75. The summed E-state index contributed by atoms with van der Waals surface area (Å²) in [4.78, 5) is 25.7. The lowest BCUT2D eigenvalue weighted by Gasteiger charge is -2.37. The molecule has 1 aliphatic carbocycles. The zero-order chi connectivity index (χ0) is 15.9. The smallest absolute Gasteiger partial charge is 0.303 e. The van der Waals surface area contributed by atoms with Gasteiger partial charge < -0.3 is 10.0 Å². The van der Waals surface area contributed by atoms with Crippen LogP contribution in [0.3, 0.4) is 0 Å². The van der Waals surface area contributed by atoms with Crippen molar-refractivity contribution in [2.45, 2.75) is 72.1 Å². The van der Waals surface area contributed by atoms with Gasteiger partial charge in [-0.25, -0.2) is 0 Å². The van der Waals surface area contributed by atoms with Crippen LogP contribution in [0.5, 0.6) is 0 Å². The molecule has 0 aromatic carbocycles. The SMILES string of the molecule is CCC(C)CN(CC)C(=O)CC1(CC(=O)O)CCCCC1. The molecule has 122 valence electrons. The number of carboxylic acid groups (broad SMARTS) is 1. The van der Waals surface area contributed by atoms with E-state index in [1.165, 1.54) is 6.42 Å². The number of carbonyl (C=O) groups is 2. The Labute approximate surface area is 128 Å². The zero-order valence-corrected chi connectivity index (χ0v) is 13.9. The molecular weight excluding hydrogens is 266 g/mol. The summed E-state index contributed by atoms with van der Waals surface area (Å²) in [6.45, 7) is 7.80. The van der Waals surface area contributed by atoms with E-state index in [0.29, 0.717) is 18.9 Å². The first-order valence-electron chi connectivity index (χ1n) is 8.42. The van der Waals surface area contributed by atoms with Gasteiger partial charge in [0.25, 0.3) is 0 Å². The van der Waals surface area contributed by atoms with Crippen LogP contribution in [0, 0.1) is 11.3 Å². The molecule has 4 heteroatoms. The first-order chi connectivity index (χ1) is 9.92. The molecule has 1 N–H and O–H groups in total. The highest BCUT2D eigenvalue weighted by Gasteiger charge is 2.37. The first kappa shape index (κ1) is 18.0. The largest absolute Gasteiger partial charge is 0.481 e. The van der Waals surface area contributed by atoms with E-state index < -0.39 is 5.97 Å². The lowest BCUT2D eigenvalue weighted by atomic mass is 9.69. The monoisotopic (exact) mass is 297 g/mol. The molecule has 1 amide bonds. The van der Waals surface area contributed by atoms with E-state index in [2.05, 4.69) is 13.8 Å². The minimum atomic E-state index is -0.769. The molecule has 21 heavy (non-hydrogen) atoms. The number of carbonyl (C=O) groups excluding carboxylic acids is 1. The van der Waals surface area contributed by atoms with E-state index in [1.807, 2.05) is 11.8 Å². The van der Waals surface area contributed by atoms with Crippen molar-refractivity contribution in [3.8, 4) is 0 Å². The predicted molar refractivity (Wildman–Crippen MR) is 84.1 cm³/mol. The molecule has 1 saturated carbocycles. The number of rotatable bonds is 8. The average molecular weight is 297 g/mol. The van der Waals surface area contributed by atoms with Crippen LogP contribution in [0.4, 0.5) is 0 Å². The maximum absolute atomic E-state index is 12.6. The van der Waals surface area contributed by atoms with Crippen molar-refractivity contribution in [3.63, 3.8) is 0 Å². The third-order valence-electron chi connectivity index (χ3n) is 4.93. The molecule has 1 aliphatic rings. The molecule has 1 rings (SSSR count). The maximum atomic E-state index is 12.6. The molecule has 1 fully saturated rings. The second-order valence-corrected chi connectivity index (χ2v) is 6.75. The van der Waals surface area contributed by atoms with Crippen LogP contribution in [0.25, 0.3) is 0 Å². The Morgan fingerprint density at radius 2 is 1.76 bits per heavy atom. The minimum Gasteiger partial charge on any atom is -0.481 e. The molecule has 0 heterocycles. The van der Waals surface area contributed by atoms with Crippen molar-refractivity contribution >= 4 is 11.9 Å². The Kier molecular flexibility index (Phi) is 7.20. The topological polar surface area (TPSA) is 57.6 Å². The summed E-state index contributed by atoms with van der Waals surface area (Å²) in [6, 6.07) is 0. The highest BCUT2D eigenvalue weighted by Crippen LogP contribution is 2.42. The van der Waals surface area contributed by atoms with Crippen LogP contribution in [-0.4, -0.2) is 35.0 Å². The molecule has 0 aromatic heterocycles. The van der Waals surface area contributed by atoms with Gasteiger partial charge in [-0.1, -0.05) is 39.5 Å². The quantitative estimate of drug-likeness (QED) is 0.743. The molecule has 1 unspecified atom stereocenters. The van der Waals surface area contributed by atoms with Crippen LogP contribution in [0.2, 0.25) is 0 Å². The molecule has 4 nitrogen and oxygen atoms in total. The van der Waals surface area contributed by atoms with E-state index in [1.54, 1.807) is 0 Å². The van der Waals surface area contributed by atoms with Gasteiger partial charge in [0.15, 0.2) is 0 Å². The van der Waals surface area contributed by atoms with Crippen molar-refractivity contribution in [3.05, 3.63) is 0 Å². The summed E-state index contributed by atoms with van der Waals surface area (Å²) in [5, 5.41) is 9.20. The summed E-state index contributed by atoms with van der Waals surface area (Å²) in [6.07, 6.45) is 6.64. The molecular formula is C17H31NO3. The fourth-order valence-electron chi connectivity index (χ4n) is 3.38. The summed E-state index contributed by atoms with van der Waals surface area (Å²) >= 11 is 0. The predicted octanol–water partition coefficient (Wildman–Crippen LogP) is 3.70. The van der Waals surface area contributed by atoms with E-state index in [-0.39, 0.29) is 17.7 Å². The number of aliphatic carboxylic acids is 1. The summed E-state index contributed by atoms with van der Waals surface area (Å²) < 4.78 is 0. The van der Waals surface area contributed by atoms with Crippen LogP contribution < -0.4 is 0 Å². The fourth-order valence-corrected chi connectivity index (χ4v) is 3.38. The van der Waals surface area contributed by atoms with Gasteiger partial charge in [-0.2, -0.15) is 0 Å². The zero-order valence-electron chi connectivity index (χ0n) is 13.9. The molecule has 0 aromatic rings. The van der Waals surface area contributed by atoms with Crippen molar-refractivity contribution < 1.29 is 14.7 Å². The van der Waals surface area contributed by atoms with E-state index in [4.69, 9.17) is 0 Å². The summed E-state index contributed by atoms with van der Waals surface area (Å²) in [5.74, 6) is -0.133. The third kappa shape index (κ3) is 5.68. The minimum absolute atomic E-state index is 0.139. The fraction of sp³-hybridized carbons (Fsp3) is 0.882. The Morgan fingerprint density at radius 3 is 2.24 bits per heavy atom. The normalized spacial score (nSPS) is 19.0. The average Bonchev–Trinajstić information content (AvgIpc) is 2.44. The number of carboxylic acids is 1. The third-order valence-corrected chi connectivity index (χ3v) is 4.93. The van der Waals surface area contributed by atoms with Gasteiger partial charge in [-0.05, 0) is 31.1 Å². The van der Waals surface area contributed by atoms with Gasteiger partial charge in [0, 0.05) is 19.5 Å². The van der Waals surface area contributed by atoms with Crippen LogP contribution in [0.15, 0.2) is 0 Å². The van der Waals surface area contributed by atoms with Gasteiger partial charge in [-0.3, -0.25) is 9.59 Å². The number of amides is 1. The highest BCUT2D eigenvalue weighted by atomic mass is 16.4. The Balaban J connectivity index is 2.71. The Bertz CT molecular complexity index is 348. The van der Waals surface area contributed by atoms with Gasteiger partial charge in [0.05, 0.1) is 6.42 Å². The van der Waals surface area contributed by atoms with Gasteiger partial charge in [-0.15, -0.1) is 0 Å². The molecule has 0 aliphatic heterocycles. The molecule has 1 atom stereocenters. The second kappa shape index (κ2) is 8.40. The molecule has 0 spiro atoms. The van der Waals surface area contributed by atoms with Crippen LogP contribution >= 0.6 is 0 Å². The van der Waals surface area contributed by atoms with Crippen molar-refractivity contribution in [1.29, 1.82) is 0 Å². The standard InChI is InChI=1S/C17H31NO3/c1-4-14(3)13-18(5-2)15(19)11-17(12-16(20)21)9-7-6-8-10-17/h14H,4-13H2,1-3H3,(H,20,21). The first-order valence-corrected chi connectivity index (χ1v) is 8.42. The van der Waals surface area contributed by atoms with Crippen LogP contribution in [0.1, 0.15) is 72.1 Å². The molecule has 0 radical (unpaired) electrons. The van der Waals surface area contributed by atoms with Crippen molar-refractivity contribution in [2.75, 3.05) is 13.1 Å².